The van der Waals surface area contributed by atoms with Crippen molar-refractivity contribution in [1.82, 2.24) is 0 Å². The molecular weight excluding hydrogens is 352 g/mol. The first kappa shape index (κ1) is 19.8. The lowest BCUT2D eigenvalue weighted by atomic mass is 10.1. The van der Waals surface area contributed by atoms with E-state index in [-0.39, 0.29) is 6.54 Å². The van der Waals surface area contributed by atoms with Gasteiger partial charge in [0, 0.05) is 0 Å². The van der Waals surface area contributed by atoms with E-state index in [0.717, 1.165) is 27.3 Å². The Morgan fingerprint density at radius 3 is 2.19 bits per heavy atom. The standard InChI is InChI=1S/C19H24N2O4S/c1-13-6-7-18(25-4)17(11-13)20-19(22)12-21(26(5,23)24)16-9-14(2)8-15(3)10-16/h6-11H,12H2,1-5H3,(H,20,22). The summed E-state index contributed by atoms with van der Waals surface area (Å²) < 4.78 is 30.8. The van der Waals surface area contributed by atoms with Gasteiger partial charge in [0.15, 0.2) is 0 Å². The minimum absolute atomic E-state index is 0.321. The SMILES string of the molecule is COc1ccc(C)cc1NC(=O)CN(c1cc(C)cc(C)c1)S(C)(=O)=O. The number of anilines is 2. The number of carbonyl (C=O) groups is 1. The highest BCUT2D eigenvalue weighted by Crippen LogP contribution is 2.26. The number of amides is 1. The van der Waals surface area contributed by atoms with Crippen molar-refractivity contribution in [2.24, 2.45) is 0 Å². The number of nitrogens with zero attached hydrogens (tertiary/aromatic N) is 1. The molecule has 0 aliphatic carbocycles. The molecule has 0 fully saturated rings. The van der Waals surface area contributed by atoms with Crippen molar-refractivity contribution in [1.29, 1.82) is 0 Å². The zero-order valence-electron chi connectivity index (χ0n) is 15.7. The van der Waals surface area contributed by atoms with Gasteiger partial charge in [-0.25, -0.2) is 8.42 Å². The van der Waals surface area contributed by atoms with Crippen LogP contribution in [0.2, 0.25) is 0 Å². The summed E-state index contributed by atoms with van der Waals surface area (Å²) in [7, 11) is -2.11. The summed E-state index contributed by atoms with van der Waals surface area (Å²) in [5, 5.41) is 2.73. The summed E-state index contributed by atoms with van der Waals surface area (Å²) in [5.74, 6) is 0.0692. The largest absolute Gasteiger partial charge is 0.495 e. The van der Waals surface area contributed by atoms with Gasteiger partial charge >= 0.3 is 0 Å². The normalized spacial score (nSPS) is 11.1. The van der Waals surface area contributed by atoms with E-state index < -0.39 is 15.9 Å². The van der Waals surface area contributed by atoms with Crippen LogP contribution < -0.4 is 14.4 Å². The molecule has 140 valence electrons. The van der Waals surface area contributed by atoms with Crippen molar-refractivity contribution in [3.8, 4) is 5.75 Å². The van der Waals surface area contributed by atoms with E-state index in [1.165, 1.54) is 7.11 Å². The molecule has 0 aliphatic rings. The molecule has 0 spiro atoms. The molecule has 0 radical (unpaired) electrons. The van der Waals surface area contributed by atoms with Crippen LogP contribution in [0.15, 0.2) is 36.4 Å². The second-order valence-corrected chi connectivity index (χ2v) is 8.27. The van der Waals surface area contributed by atoms with Crippen molar-refractivity contribution >= 4 is 27.3 Å². The maximum atomic E-state index is 12.5. The minimum atomic E-state index is -3.62. The molecule has 2 aromatic carbocycles. The summed E-state index contributed by atoms with van der Waals surface area (Å²) in [6, 6.07) is 10.8. The van der Waals surface area contributed by atoms with Crippen molar-refractivity contribution in [2.45, 2.75) is 20.8 Å². The lowest BCUT2D eigenvalue weighted by Gasteiger charge is -2.23. The monoisotopic (exact) mass is 376 g/mol. The third kappa shape index (κ3) is 4.98. The quantitative estimate of drug-likeness (QED) is 0.841. The first-order valence-electron chi connectivity index (χ1n) is 8.10. The molecule has 0 aliphatic heterocycles. The highest BCUT2D eigenvalue weighted by atomic mass is 32.2. The Balaban J connectivity index is 2.29. The zero-order chi connectivity index (χ0) is 19.5. The fourth-order valence-corrected chi connectivity index (χ4v) is 3.57. The number of aryl methyl sites for hydroxylation is 3. The lowest BCUT2D eigenvalue weighted by molar-refractivity contribution is -0.114. The lowest BCUT2D eigenvalue weighted by Crippen LogP contribution is -2.37. The Hall–Kier alpha value is -2.54. The van der Waals surface area contributed by atoms with E-state index >= 15 is 0 Å². The molecule has 0 bridgehead atoms. The summed E-state index contributed by atoms with van der Waals surface area (Å²) >= 11 is 0. The van der Waals surface area contributed by atoms with Crippen LogP contribution in [0.1, 0.15) is 16.7 Å². The number of benzene rings is 2. The van der Waals surface area contributed by atoms with Crippen LogP contribution in [0.25, 0.3) is 0 Å². The van der Waals surface area contributed by atoms with E-state index in [9.17, 15) is 13.2 Å². The van der Waals surface area contributed by atoms with Gasteiger partial charge in [-0.2, -0.15) is 0 Å². The predicted molar refractivity (Wildman–Crippen MR) is 104 cm³/mol. The molecule has 2 rings (SSSR count). The fourth-order valence-electron chi connectivity index (χ4n) is 2.73. The topological polar surface area (TPSA) is 75.7 Å². The van der Waals surface area contributed by atoms with Crippen LogP contribution >= 0.6 is 0 Å². The number of rotatable bonds is 6. The number of hydrogen-bond acceptors (Lipinski definition) is 4. The molecule has 26 heavy (non-hydrogen) atoms. The molecule has 7 heteroatoms. The Labute approximate surface area is 154 Å². The van der Waals surface area contributed by atoms with Gasteiger partial charge in [0.05, 0.1) is 24.7 Å². The number of ether oxygens (including phenoxy) is 1. The number of methoxy groups -OCH3 is 1. The van der Waals surface area contributed by atoms with Crippen LogP contribution in [-0.4, -0.2) is 34.2 Å². The van der Waals surface area contributed by atoms with Crippen LogP contribution in [0, 0.1) is 20.8 Å². The van der Waals surface area contributed by atoms with Gasteiger partial charge in [0.25, 0.3) is 0 Å². The number of carbonyl (C=O) groups excluding carboxylic acids is 1. The highest BCUT2D eigenvalue weighted by Gasteiger charge is 2.22. The first-order chi connectivity index (χ1) is 12.1. The van der Waals surface area contributed by atoms with Crippen LogP contribution in [0.5, 0.6) is 5.75 Å². The Kier molecular flexibility index (Phi) is 5.92. The third-order valence-electron chi connectivity index (χ3n) is 3.81. The summed E-state index contributed by atoms with van der Waals surface area (Å²) in [5.41, 5.74) is 3.78. The molecule has 0 unspecified atom stereocenters. The van der Waals surface area contributed by atoms with Crippen molar-refractivity contribution < 1.29 is 17.9 Å². The maximum Gasteiger partial charge on any atom is 0.245 e. The van der Waals surface area contributed by atoms with Gasteiger partial charge in [0.2, 0.25) is 15.9 Å². The zero-order valence-corrected chi connectivity index (χ0v) is 16.5. The number of sulfonamides is 1. The molecule has 1 N–H and O–H groups in total. The fraction of sp³-hybridized carbons (Fsp3) is 0.316. The van der Waals surface area contributed by atoms with Gasteiger partial charge in [-0.05, 0) is 61.7 Å². The molecule has 0 heterocycles. The van der Waals surface area contributed by atoms with Gasteiger partial charge in [-0.15, -0.1) is 0 Å². The second kappa shape index (κ2) is 7.78. The average Bonchev–Trinajstić information content (AvgIpc) is 2.50. The summed E-state index contributed by atoms with van der Waals surface area (Å²) in [6.45, 7) is 5.34. The third-order valence-corrected chi connectivity index (χ3v) is 4.95. The second-order valence-electron chi connectivity index (χ2n) is 6.37. The van der Waals surface area contributed by atoms with E-state index in [2.05, 4.69) is 5.32 Å². The van der Waals surface area contributed by atoms with Crippen molar-refractivity contribution in [2.75, 3.05) is 29.5 Å². The van der Waals surface area contributed by atoms with E-state index in [0.29, 0.717) is 17.1 Å². The van der Waals surface area contributed by atoms with Crippen LogP contribution in [0.4, 0.5) is 11.4 Å². The Bertz CT molecular complexity index is 903. The maximum absolute atomic E-state index is 12.5. The smallest absolute Gasteiger partial charge is 0.245 e. The van der Waals surface area contributed by atoms with E-state index in [4.69, 9.17) is 4.74 Å². The van der Waals surface area contributed by atoms with Gasteiger partial charge in [-0.1, -0.05) is 12.1 Å². The molecule has 0 aromatic heterocycles. The molecule has 0 saturated heterocycles. The highest BCUT2D eigenvalue weighted by molar-refractivity contribution is 7.92. The van der Waals surface area contributed by atoms with Gasteiger partial charge < -0.3 is 10.1 Å². The van der Waals surface area contributed by atoms with Gasteiger partial charge in [-0.3, -0.25) is 9.10 Å². The molecular formula is C19H24N2O4S. The molecule has 1 amide bonds. The van der Waals surface area contributed by atoms with Crippen molar-refractivity contribution in [3.63, 3.8) is 0 Å². The van der Waals surface area contributed by atoms with E-state index in [1.54, 1.807) is 24.3 Å². The molecule has 0 atom stereocenters. The summed E-state index contributed by atoms with van der Waals surface area (Å²) in [6.07, 6.45) is 1.09. The van der Waals surface area contributed by atoms with Crippen molar-refractivity contribution in [3.05, 3.63) is 53.1 Å². The van der Waals surface area contributed by atoms with Gasteiger partial charge in [0.1, 0.15) is 12.3 Å². The first-order valence-corrected chi connectivity index (χ1v) is 9.95. The van der Waals surface area contributed by atoms with Crippen LogP contribution in [0.3, 0.4) is 0 Å². The Morgan fingerprint density at radius 1 is 1.04 bits per heavy atom. The molecule has 0 saturated carbocycles. The number of nitrogens with one attached hydrogen (secondary N) is 1. The number of hydrogen-bond donors (Lipinski definition) is 1. The average molecular weight is 376 g/mol. The molecule has 2 aromatic rings. The predicted octanol–water partition coefficient (Wildman–Crippen LogP) is 3.03. The van der Waals surface area contributed by atoms with E-state index in [1.807, 2.05) is 32.9 Å². The van der Waals surface area contributed by atoms with Crippen LogP contribution in [-0.2, 0) is 14.8 Å². The summed E-state index contributed by atoms with van der Waals surface area (Å²) in [4.78, 5) is 12.5. The molecule has 6 nitrogen and oxygen atoms in total. The minimum Gasteiger partial charge on any atom is -0.495 e. The Morgan fingerprint density at radius 2 is 1.65 bits per heavy atom.